The van der Waals surface area contributed by atoms with Crippen molar-refractivity contribution in [3.8, 4) is 0 Å². The van der Waals surface area contributed by atoms with Gasteiger partial charge < -0.3 is 10.6 Å². The quantitative estimate of drug-likeness (QED) is 0.880. The van der Waals surface area contributed by atoms with Crippen molar-refractivity contribution in [1.82, 2.24) is 5.32 Å². The van der Waals surface area contributed by atoms with Gasteiger partial charge in [0.25, 0.3) is 0 Å². The minimum absolute atomic E-state index is 0.141. The van der Waals surface area contributed by atoms with Crippen LogP contribution in [-0.4, -0.2) is 6.03 Å². The first-order valence-corrected chi connectivity index (χ1v) is 7.52. The van der Waals surface area contributed by atoms with E-state index in [1.165, 1.54) is 24.0 Å². The third-order valence-electron chi connectivity index (χ3n) is 3.94. The van der Waals surface area contributed by atoms with E-state index < -0.39 is 0 Å². The van der Waals surface area contributed by atoms with Gasteiger partial charge in [0.1, 0.15) is 0 Å². The van der Waals surface area contributed by atoms with E-state index in [9.17, 15) is 4.79 Å². The van der Waals surface area contributed by atoms with Crippen LogP contribution in [0.3, 0.4) is 0 Å². The first kappa shape index (κ1) is 13.7. The van der Waals surface area contributed by atoms with Crippen molar-refractivity contribution in [2.24, 2.45) is 0 Å². The molecule has 2 aromatic carbocycles. The van der Waals surface area contributed by atoms with Crippen LogP contribution in [0.2, 0.25) is 0 Å². The number of carbonyl (C=O) groups is 1. The fourth-order valence-corrected chi connectivity index (χ4v) is 2.84. The number of amides is 2. The molecule has 2 N–H and O–H groups in total. The normalized spacial score (nSPS) is 13.3. The van der Waals surface area contributed by atoms with Crippen LogP contribution in [0.25, 0.3) is 0 Å². The predicted molar refractivity (Wildman–Crippen MR) is 85.4 cm³/mol. The van der Waals surface area contributed by atoms with Gasteiger partial charge in [0.15, 0.2) is 0 Å². The zero-order valence-corrected chi connectivity index (χ0v) is 12.1. The number of hydrogen-bond donors (Lipinski definition) is 2. The first-order chi connectivity index (χ1) is 10.3. The van der Waals surface area contributed by atoms with Crippen LogP contribution in [-0.2, 0) is 19.4 Å². The second-order valence-corrected chi connectivity index (χ2v) is 5.44. The minimum atomic E-state index is -0.141. The SMILES string of the molecule is O=C(NCc1ccccc1)Nc1cccc2c1CCCC2. The maximum atomic E-state index is 12.0. The third-order valence-corrected chi connectivity index (χ3v) is 3.94. The lowest BCUT2D eigenvalue weighted by Crippen LogP contribution is -2.28. The summed E-state index contributed by atoms with van der Waals surface area (Å²) in [4.78, 5) is 12.0. The number of benzene rings is 2. The molecule has 0 radical (unpaired) electrons. The number of nitrogens with one attached hydrogen (secondary N) is 2. The molecule has 3 heteroatoms. The summed E-state index contributed by atoms with van der Waals surface area (Å²) in [6, 6.07) is 16.0. The Balaban J connectivity index is 1.63. The molecule has 3 rings (SSSR count). The number of fused-ring (bicyclic) bond motifs is 1. The van der Waals surface area contributed by atoms with E-state index in [4.69, 9.17) is 0 Å². The number of anilines is 1. The van der Waals surface area contributed by atoms with E-state index in [0.717, 1.165) is 24.1 Å². The molecule has 0 saturated carbocycles. The minimum Gasteiger partial charge on any atom is -0.334 e. The number of urea groups is 1. The highest BCUT2D eigenvalue weighted by Crippen LogP contribution is 2.27. The van der Waals surface area contributed by atoms with Crippen LogP contribution < -0.4 is 10.6 Å². The molecule has 2 aromatic rings. The van der Waals surface area contributed by atoms with E-state index in [1.807, 2.05) is 42.5 Å². The lowest BCUT2D eigenvalue weighted by atomic mass is 9.90. The second-order valence-electron chi connectivity index (χ2n) is 5.44. The molecule has 1 aliphatic rings. The smallest absolute Gasteiger partial charge is 0.319 e. The zero-order chi connectivity index (χ0) is 14.5. The van der Waals surface area contributed by atoms with Gasteiger partial charge in [0.2, 0.25) is 0 Å². The Morgan fingerprint density at radius 3 is 2.62 bits per heavy atom. The summed E-state index contributed by atoms with van der Waals surface area (Å²) in [6.07, 6.45) is 4.63. The largest absolute Gasteiger partial charge is 0.334 e. The molecule has 0 fully saturated rings. The highest BCUT2D eigenvalue weighted by atomic mass is 16.2. The van der Waals surface area contributed by atoms with Gasteiger partial charge in [-0.05, 0) is 48.4 Å². The van der Waals surface area contributed by atoms with Gasteiger partial charge in [0, 0.05) is 12.2 Å². The maximum Gasteiger partial charge on any atom is 0.319 e. The average Bonchev–Trinajstić information content (AvgIpc) is 2.54. The Morgan fingerprint density at radius 2 is 1.76 bits per heavy atom. The molecule has 0 aliphatic heterocycles. The topological polar surface area (TPSA) is 41.1 Å². The number of carbonyl (C=O) groups excluding carboxylic acids is 1. The third kappa shape index (κ3) is 3.43. The van der Waals surface area contributed by atoms with Crippen molar-refractivity contribution in [3.63, 3.8) is 0 Å². The Morgan fingerprint density at radius 1 is 0.952 bits per heavy atom. The van der Waals surface area contributed by atoms with Crippen LogP contribution >= 0.6 is 0 Å². The molecule has 108 valence electrons. The standard InChI is InChI=1S/C18H20N2O/c21-18(19-13-14-7-2-1-3-8-14)20-17-12-6-10-15-9-4-5-11-16(15)17/h1-3,6-8,10,12H,4-5,9,11,13H2,(H2,19,20,21). The van der Waals surface area contributed by atoms with Crippen LogP contribution in [0.15, 0.2) is 48.5 Å². The van der Waals surface area contributed by atoms with E-state index in [0.29, 0.717) is 6.54 Å². The van der Waals surface area contributed by atoms with Crippen molar-refractivity contribution in [1.29, 1.82) is 0 Å². The fourth-order valence-electron chi connectivity index (χ4n) is 2.84. The summed E-state index contributed by atoms with van der Waals surface area (Å²) < 4.78 is 0. The summed E-state index contributed by atoms with van der Waals surface area (Å²) in [5.74, 6) is 0. The molecule has 0 spiro atoms. The molecule has 2 amide bonds. The molecule has 0 aromatic heterocycles. The van der Waals surface area contributed by atoms with Gasteiger partial charge in [0.05, 0.1) is 0 Å². The number of aryl methyl sites for hydroxylation is 1. The highest BCUT2D eigenvalue weighted by molar-refractivity contribution is 5.90. The van der Waals surface area contributed by atoms with Crippen molar-refractivity contribution < 1.29 is 4.79 Å². The van der Waals surface area contributed by atoms with Gasteiger partial charge in [-0.15, -0.1) is 0 Å². The molecular weight excluding hydrogens is 260 g/mol. The molecule has 1 aliphatic carbocycles. The maximum absolute atomic E-state index is 12.0. The summed E-state index contributed by atoms with van der Waals surface area (Å²) in [6.45, 7) is 0.543. The molecule has 0 heterocycles. The zero-order valence-electron chi connectivity index (χ0n) is 12.1. The fraction of sp³-hybridized carbons (Fsp3) is 0.278. The highest BCUT2D eigenvalue weighted by Gasteiger charge is 2.14. The number of hydrogen-bond acceptors (Lipinski definition) is 1. The van der Waals surface area contributed by atoms with Crippen molar-refractivity contribution in [2.75, 3.05) is 5.32 Å². The molecule has 3 nitrogen and oxygen atoms in total. The second kappa shape index (κ2) is 6.44. The van der Waals surface area contributed by atoms with Gasteiger partial charge in [-0.25, -0.2) is 4.79 Å². The Labute approximate surface area is 125 Å². The molecule has 0 bridgehead atoms. The monoisotopic (exact) mass is 280 g/mol. The van der Waals surface area contributed by atoms with E-state index in [-0.39, 0.29) is 6.03 Å². The lowest BCUT2D eigenvalue weighted by molar-refractivity contribution is 0.251. The summed E-state index contributed by atoms with van der Waals surface area (Å²) in [7, 11) is 0. The summed E-state index contributed by atoms with van der Waals surface area (Å²) >= 11 is 0. The van der Waals surface area contributed by atoms with E-state index >= 15 is 0 Å². The predicted octanol–water partition coefficient (Wildman–Crippen LogP) is 3.89. The van der Waals surface area contributed by atoms with Crippen LogP contribution in [0, 0.1) is 0 Å². The first-order valence-electron chi connectivity index (χ1n) is 7.52. The summed E-state index contributed by atoms with van der Waals surface area (Å²) in [5.41, 5.74) is 4.74. The van der Waals surface area contributed by atoms with Gasteiger partial charge in [-0.1, -0.05) is 42.5 Å². The Bertz CT molecular complexity index is 622. The van der Waals surface area contributed by atoms with Crippen molar-refractivity contribution in [2.45, 2.75) is 32.2 Å². The average molecular weight is 280 g/mol. The molecule has 21 heavy (non-hydrogen) atoms. The molecule has 0 atom stereocenters. The van der Waals surface area contributed by atoms with Crippen LogP contribution in [0.4, 0.5) is 10.5 Å². The van der Waals surface area contributed by atoms with Crippen molar-refractivity contribution >= 4 is 11.7 Å². The summed E-state index contributed by atoms with van der Waals surface area (Å²) in [5, 5.41) is 5.89. The lowest BCUT2D eigenvalue weighted by Gasteiger charge is -2.19. The van der Waals surface area contributed by atoms with Gasteiger partial charge in [-0.2, -0.15) is 0 Å². The van der Waals surface area contributed by atoms with Crippen molar-refractivity contribution in [3.05, 3.63) is 65.2 Å². The van der Waals surface area contributed by atoms with Gasteiger partial charge in [-0.3, -0.25) is 0 Å². The molecule has 0 saturated heterocycles. The Hall–Kier alpha value is -2.29. The van der Waals surface area contributed by atoms with Crippen LogP contribution in [0.1, 0.15) is 29.5 Å². The van der Waals surface area contributed by atoms with Crippen LogP contribution in [0.5, 0.6) is 0 Å². The molecular formula is C18H20N2O. The van der Waals surface area contributed by atoms with Gasteiger partial charge >= 0.3 is 6.03 Å². The molecule has 0 unspecified atom stereocenters. The number of rotatable bonds is 3. The van der Waals surface area contributed by atoms with E-state index in [1.54, 1.807) is 0 Å². The Kier molecular flexibility index (Phi) is 4.20. The van der Waals surface area contributed by atoms with E-state index in [2.05, 4.69) is 16.7 Å².